The first-order valence-corrected chi connectivity index (χ1v) is 9.50. The van der Waals surface area contributed by atoms with Gasteiger partial charge >= 0.3 is 5.97 Å². The van der Waals surface area contributed by atoms with Crippen LogP contribution in [0.25, 0.3) is 0 Å². The summed E-state index contributed by atoms with van der Waals surface area (Å²) in [5.41, 5.74) is 1.61. The first kappa shape index (κ1) is 20.9. The number of ether oxygens (including phenoxy) is 1. The number of benzene rings is 1. The number of nitrogens with one attached hydrogen (secondary N) is 1. The van der Waals surface area contributed by atoms with Crippen LogP contribution in [0.2, 0.25) is 0 Å². The molecule has 1 aliphatic rings. The normalized spacial score (nSPS) is 16.6. The Balaban J connectivity index is 1.89. The lowest BCUT2D eigenvalue weighted by molar-refractivity contribution is -0.159. The van der Waals surface area contributed by atoms with Gasteiger partial charge in [0.25, 0.3) is 11.8 Å². The van der Waals surface area contributed by atoms with Crippen LogP contribution in [0.3, 0.4) is 0 Å². The minimum atomic E-state index is -0.846. The van der Waals surface area contributed by atoms with Crippen LogP contribution in [0.5, 0.6) is 0 Å². The van der Waals surface area contributed by atoms with Crippen molar-refractivity contribution in [1.29, 1.82) is 0 Å². The number of amides is 2. The quantitative estimate of drug-likeness (QED) is 0.804. The van der Waals surface area contributed by atoms with Crippen molar-refractivity contribution in [2.75, 3.05) is 13.1 Å². The molecule has 2 amide bonds. The molecule has 1 aliphatic heterocycles. The van der Waals surface area contributed by atoms with Crippen molar-refractivity contribution in [3.8, 4) is 0 Å². The lowest BCUT2D eigenvalue weighted by atomic mass is 9.86. The van der Waals surface area contributed by atoms with Crippen molar-refractivity contribution in [2.45, 2.75) is 65.0 Å². The molecule has 1 N–H and O–H groups in total. The third-order valence-electron chi connectivity index (χ3n) is 4.77. The molecule has 0 aromatic heterocycles. The third kappa shape index (κ3) is 5.55. The summed E-state index contributed by atoms with van der Waals surface area (Å²) in [5, 5.41) is 2.63. The fourth-order valence-corrected chi connectivity index (χ4v) is 2.98. The summed E-state index contributed by atoms with van der Waals surface area (Å²) < 4.78 is 5.24. The van der Waals surface area contributed by atoms with Gasteiger partial charge in [0.15, 0.2) is 6.10 Å². The molecule has 0 aliphatic carbocycles. The molecule has 0 saturated carbocycles. The van der Waals surface area contributed by atoms with Gasteiger partial charge < -0.3 is 15.0 Å². The van der Waals surface area contributed by atoms with Crippen molar-refractivity contribution in [2.24, 2.45) is 0 Å². The Morgan fingerprint density at radius 1 is 1.04 bits per heavy atom. The minimum Gasteiger partial charge on any atom is -0.451 e. The van der Waals surface area contributed by atoms with Crippen LogP contribution in [0.4, 0.5) is 0 Å². The summed E-state index contributed by atoms with van der Waals surface area (Å²) in [6, 6.07) is 6.47. The summed E-state index contributed by atoms with van der Waals surface area (Å²) in [6.07, 6.45) is 1.11. The Bertz CT molecular complexity index is 685. The number of carbonyl (C=O) groups is 3. The van der Waals surface area contributed by atoms with Gasteiger partial charge in [-0.15, -0.1) is 0 Å². The maximum atomic E-state index is 12.4. The molecule has 0 radical (unpaired) electrons. The second kappa shape index (κ2) is 8.55. The standard InChI is InChI=1S/C21H30N2O4/c1-14(20(26)27-15(2)19(25)23-12-6-7-13-23)22-18(24)16-8-10-17(11-9-16)21(3,4)5/h8-11,14-15H,6-7,12-13H2,1-5H3,(H,22,24)/t14-,15-/m0/s1. The van der Waals surface area contributed by atoms with Crippen LogP contribution >= 0.6 is 0 Å². The molecule has 1 saturated heterocycles. The monoisotopic (exact) mass is 374 g/mol. The highest BCUT2D eigenvalue weighted by Crippen LogP contribution is 2.22. The highest BCUT2D eigenvalue weighted by Gasteiger charge is 2.28. The van der Waals surface area contributed by atoms with E-state index in [0.29, 0.717) is 18.7 Å². The van der Waals surface area contributed by atoms with Crippen LogP contribution in [0.15, 0.2) is 24.3 Å². The van der Waals surface area contributed by atoms with E-state index >= 15 is 0 Å². The van der Waals surface area contributed by atoms with Crippen LogP contribution in [-0.2, 0) is 19.7 Å². The maximum Gasteiger partial charge on any atom is 0.329 e. The number of hydrogen-bond acceptors (Lipinski definition) is 4. The summed E-state index contributed by atoms with van der Waals surface area (Å²) in [6.45, 7) is 10.8. The average Bonchev–Trinajstić information content (AvgIpc) is 3.14. The maximum absolute atomic E-state index is 12.4. The molecule has 0 spiro atoms. The highest BCUT2D eigenvalue weighted by molar-refractivity contribution is 5.97. The molecule has 1 fully saturated rings. The Kier molecular flexibility index (Phi) is 6.63. The SMILES string of the molecule is C[C@H](NC(=O)c1ccc(C(C)(C)C)cc1)C(=O)O[C@@H](C)C(=O)N1CCCC1. The van der Waals surface area contributed by atoms with E-state index in [1.807, 2.05) is 12.1 Å². The minimum absolute atomic E-state index is 0.00409. The van der Waals surface area contributed by atoms with Crippen LogP contribution in [0.1, 0.15) is 63.4 Å². The lowest BCUT2D eigenvalue weighted by Gasteiger charge is -2.22. The summed E-state index contributed by atoms with van der Waals surface area (Å²) in [5.74, 6) is -1.15. The molecule has 1 heterocycles. The molecule has 1 aromatic rings. The van der Waals surface area contributed by atoms with Gasteiger partial charge in [0.05, 0.1) is 0 Å². The highest BCUT2D eigenvalue weighted by atomic mass is 16.5. The molecule has 1 aromatic carbocycles. The van der Waals surface area contributed by atoms with Crippen LogP contribution in [-0.4, -0.2) is 47.9 Å². The van der Waals surface area contributed by atoms with Gasteiger partial charge in [0, 0.05) is 18.7 Å². The van der Waals surface area contributed by atoms with Gasteiger partial charge in [0.2, 0.25) is 0 Å². The topological polar surface area (TPSA) is 75.7 Å². The van der Waals surface area contributed by atoms with Crippen molar-refractivity contribution < 1.29 is 19.1 Å². The fourth-order valence-electron chi connectivity index (χ4n) is 2.98. The van der Waals surface area contributed by atoms with Crippen molar-refractivity contribution >= 4 is 17.8 Å². The van der Waals surface area contributed by atoms with E-state index in [0.717, 1.165) is 18.4 Å². The predicted molar refractivity (Wildman–Crippen MR) is 103 cm³/mol. The zero-order valence-electron chi connectivity index (χ0n) is 16.9. The van der Waals surface area contributed by atoms with Crippen LogP contribution < -0.4 is 5.32 Å². The second-order valence-electron chi connectivity index (χ2n) is 8.13. The van der Waals surface area contributed by atoms with Crippen molar-refractivity contribution in [1.82, 2.24) is 10.2 Å². The number of likely N-dealkylation sites (tertiary alicyclic amines) is 1. The molecular weight excluding hydrogens is 344 g/mol. The van der Waals surface area contributed by atoms with Gasteiger partial charge in [-0.05, 0) is 49.8 Å². The first-order valence-electron chi connectivity index (χ1n) is 9.50. The summed E-state index contributed by atoms with van der Waals surface area (Å²) in [7, 11) is 0. The average molecular weight is 374 g/mol. The van der Waals surface area contributed by atoms with E-state index in [4.69, 9.17) is 4.74 Å². The van der Waals surface area contributed by atoms with E-state index in [9.17, 15) is 14.4 Å². The molecule has 6 heteroatoms. The third-order valence-corrected chi connectivity index (χ3v) is 4.77. The van der Waals surface area contributed by atoms with Gasteiger partial charge in [-0.1, -0.05) is 32.9 Å². The molecule has 0 bridgehead atoms. The van der Waals surface area contributed by atoms with Crippen LogP contribution in [0, 0.1) is 0 Å². The molecule has 148 valence electrons. The summed E-state index contributed by atoms with van der Waals surface area (Å²) in [4.78, 5) is 38.5. The number of carbonyl (C=O) groups excluding carboxylic acids is 3. The number of nitrogens with zero attached hydrogens (tertiary/aromatic N) is 1. The van der Waals surface area contributed by atoms with E-state index in [1.54, 1.807) is 30.9 Å². The molecular formula is C21H30N2O4. The first-order chi connectivity index (χ1) is 12.6. The van der Waals surface area contributed by atoms with Gasteiger partial charge in [-0.3, -0.25) is 9.59 Å². The smallest absolute Gasteiger partial charge is 0.329 e. The molecule has 2 atom stereocenters. The largest absolute Gasteiger partial charge is 0.451 e. The Hall–Kier alpha value is -2.37. The Labute approximate surface area is 161 Å². The van der Waals surface area contributed by atoms with E-state index in [1.165, 1.54) is 0 Å². The van der Waals surface area contributed by atoms with E-state index in [-0.39, 0.29) is 17.2 Å². The van der Waals surface area contributed by atoms with E-state index in [2.05, 4.69) is 26.1 Å². The fraction of sp³-hybridized carbons (Fsp3) is 0.571. The molecule has 2 rings (SSSR count). The van der Waals surface area contributed by atoms with Crippen molar-refractivity contribution in [3.05, 3.63) is 35.4 Å². The zero-order valence-corrected chi connectivity index (χ0v) is 16.9. The number of hydrogen-bond donors (Lipinski definition) is 1. The number of esters is 1. The Morgan fingerprint density at radius 2 is 1.59 bits per heavy atom. The summed E-state index contributed by atoms with van der Waals surface area (Å²) >= 11 is 0. The molecule has 27 heavy (non-hydrogen) atoms. The molecule has 6 nitrogen and oxygen atoms in total. The predicted octanol–water partition coefficient (Wildman–Crippen LogP) is 2.66. The second-order valence-corrected chi connectivity index (χ2v) is 8.13. The van der Waals surface area contributed by atoms with Gasteiger partial charge in [0.1, 0.15) is 6.04 Å². The van der Waals surface area contributed by atoms with Crippen molar-refractivity contribution in [3.63, 3.8) is 0 Å². The number of rotatable bonds is 5. The molecule has 0 unspecified atom stereocenters. The Morgan fingerprint density at radius 3 is 2.11 bits per heavy atom. The van der Waals surface area contributed by atoms with E-state index < -0.39 is 18.1 Å². The lowest BCUT2D eigenvalue weighted by Crippen LogP contribution is -2.44. The van der Waals surface area contributed by atoms with Gasteiger partial charge in [-0.2, -0.15) is 0 Å². The zero-order chi connectivity index (χ0) is 20.2. The van der Waals surface area contributed by atoms with Gasteiger partial charge in [-0.25, -0.2) is 4.79 Å².